The zero-order chi connectivity index (χ0) is 14.3. The third kappa shape index (κ3) is 1.93. The molecule has 0 aliphatic heterocycles. The van der Waals surface area contributed by atoms with E-state index in [2.05, 4.69) is 10.1 Å². The maximum Gasteiger partial charge on any atom is 0.420 e. The van der Waals surface area contributed by atoms with Crippen LogP contribution in [0.1, 0.15) is 11.1 Å². The van der Waals surface area contributed by atoms with E-state index in [0.29, 0.717) is 5.52 Å². The van der Waals surface area contributed by atoms with E-state index < -0.39 is 11.7 Å². The summed E-state index contributed by atoms with van der Waals surface area (Å²) in [6, 6.07) is 7.75. The standard InChI is InChI=1S/C14H10F3N3/c1-9-4-2-5-10-8-19-20(12(9)10)13-11(14(15,16)17)6-3-7-18-13/h2-8H,1H3. The van der Waals surface area contributed by atoms with Crippen LogP contribution in [0.2, 0.25) is 0 Å². The lowest BCUT2D eigenvalue weighted by Crippen LogP contribution is -2.13. The van der Waals surface area contributed by atoms with Crippen molar-refractivity contribution < 1.29 is 13.2 Å². The van der Waals surface area contributed by atoms with Gasteiger partial charge in [0, 0.05) is 11.6 Å². The second kappa shape index (κ2) is 4.33. The lowest BCUT2D eigenvalue weighted by molar-refractivity contribution is -0.137. The molecule has 0 aliphatic rings. The first-order valence-electron chi connectivity index (χ1n) is 5.94. The quantitative estimate of drug-likeness (QED) is 0.678. The molecule has 102 valence electrons. The summed E-state index contributed by atoms with van der Waals surface area (Å²) in [5.41, 5.74) is 0.684. The number of hydrogen-bond donors (Lipinski definition) is 0. The Morgan fingerprint density at radius 2 is 1.90 bits per heavy atom. The minimum atomic E-state index is -4.47. The molecule has 2 aromatic heterocycles. The summed E-state index contributed by atoms with van der Waals surface area (Å²) in [4.78, 5) is 3.86. The van der Waals surface area contributed by atoms with Crippen molar-refractivity contribution in [3.63, 3.8) is 0 Å². The Kier molecular flexibility index (Phi) is 2.74. The Labute approximate surface area is 112 Å². The molecule has 0 fully saturated rings. The Bertz CT molecular complexity index is 775. The molecule has 0 unspecified atom stereocenters. The number of nitrogens with zero attached hydrogens (tertiary/aromatic N) is 3. The van der Waals surface area contributed by atoms with Gasteiger partial charge in [0.1, 0.15) is 5.56 Å². The second-order valence-corrected chi connectivity index (χ2v) is 4.44. The summed E-state index contributed by atoms with van der Waals surface area (Å²) in [7, 11) is 0. The summed E-state index contributed by atoms with van der Waals surface area (Å²) in [5, 5.41) is 4.84. The fraction of sp³-hybridized carbons (Fsp3) is 0.143. The average molecular weight is 277 g/mol. The van der Waals surface area contributed by atoms with E-state index in [1.165, 1.54) is 23.1 Å². The van der Waals surface area contributed by atoms with E-state index in [1.54, 1.807) is 0 Å². The number of benzene rings is 1. The van der Waals surface area contributed by atoms with Crippen molar-refractivity contribution in [3.8, 4) is 5.82 Å². The van der Waals surface area contributed by atoms with Crippen molar-refractivity contribution in [2.45, 2.75) is 13.1 Å². The van der Waals surface area contributed by atoms with Crippen molar-refractivity contribution >= 4 is 10.9 Å². The summed E-state index contributed by atoms with van der Waals surface area (Å²) in [6.45, 7) is 1.83. The number of hydrogen-bond acceptors (Lipinski definition) is 2. The van der Waals surface area contributed by atoms with Crippen LogP contribution in [0.25, 0.3) is 16.7 Å². The van der Waals surface area contributed by atoms with Crippen molar-refractivity contribution in [1.29, 1.82) is 0 Å². The molecule has 0 spiro atoms. The summed E-state index contributed by atoms with van der Waals surface area (Å²) in [6.07, 6.45) is -1.60. The van der Waals surface area contributed by atoms with Gasteiger partial charge in [-0.3, -0.25) is 0 Å². The van der Waals surface area contributed by atoms with Crippen LogP contribution in [0.15, 0.2) is 42.7 Å². The molecule has 20 heavy (non-hydrogen) atoms. The number of halogens is 3. The lowest BCUT2D eigenvalue weighted by Gasteiger charge is -2.12. The lowest BCUT2D eigenvalue weighted by atomic mass is 10.1. The van der Waals surface area contributed by atoms with Crippen molar-refractivity contribution in [2.75, 3.05) is 0 Å². The Balaban J connectivity index is 2.33. The van der Waals surface area contributed by atoms with Gasteiger partial charge in [-0.15, -0.1) is 0 Å². The van der Waals surface area contributed by atoms with Crippen LogP contribution < -0.4 is 0 Å². The van der Waals surface area contributed by atoms with Gasteiger partial charge in [-0.25, -0.2) is 9.67 Å². The third-order valence-corrected chi connectivity index (χ3v) is 3.09. The van der Waals surface area contributed by atoms with Crippen LogP contribution in [0, 0.1) is 6.92 Å². The molecule has 0 bridgehead atoms. The topological polar surface area (TPSA) is 30.7 Å². The van der Waals surface area contributed by atoms with Crippen molar-refractivity contribution in [3.05, 3.63) is 53.9 Å². The molecule has 0 saturated carbocycles. The van der Waals surface area contributed by atoms with Crippen molar-refractivity contribution in [2.24, 2.45) is 0 Å². The summed E-state index contributed by atoms with van der Waals surface area (Å²) >= 11 is 0. The van der Waals surface area contributed by atoms with E-state index in [-0.39, 0.29) is 5.82 Å². The predicted octanol–water partition coefficient (Wildman–Crippen LogP) is 3.75. The number of rotatable bonds is 1. The highest BCUT2D eigenvalue weighted by atomic mass is 19.4. The largest absolute Gasteiger partial charge is 0.420 e. The first kappa shape index (κ1) is 12.7. The molecule has 0 amide bonds. The Hall–Kier alpha value is -2.37. The number of para-hydroxylation sites is 1. The third-order valence-electron chi connectivity index (χ3n) is 3.09. The van der Waals surface area contributed by atoms with Gasteiger partial charge < -0.3 is 0 Å². The molecular formula is C14H10F3N3. The van der Waals surface area contributed by atoms with Crippen LogP contribution in [0.5, 0.6) is 0 Å². The zero-order valence-electron chi connectivity index (χ0n) is 10.5. The SMILES string of the molecule is Cc1cccc2cnn(-c3ncccc3C(F)(F)F)c12. The minimum absolute atomic E-state index is 0.204. The average Bonchev–Trinajstić information content (AvgIpc) is 2.83. The Morgan fingerprint density at radius 1 is 1.10 bits per heavy atom. The van der Waals surface area contributed by atoms with Crippen LogP contribution >= 0.6 is 0 Å². The fourth-order valence-corrected chi connectivity index (χ4v) is 2.20. The number of aryl methyl sites for hydroxylation is 1. The van der Waals surface area contributed by atoms with Crippen LogP contribution in [0.3, 0.4) is 0 Å². The smallest absolute Gasteiger partial charge is 0.237 e. The van der Waals surface area contributed by atoms with Gasteiger partial charge in [-0.05, 0) is 24.6 Å². The van der Waals surface area contributed by atoms with E-state index in [4.69, 9.17) is 0 Å². The normalized spacial score (nSPS) is 12.0. The highest BCUT2D eigenvalue weighted by Gasteiger charge is 2.35. The van der Waals surface area contributed by atoms with Gasteiger partial charge in [0.25, 0.3) is 0 Å². The molecule has 3 nitrogen and oxygen atoms in total. The monoisotopic (exact) mass is 277 g/mol. The van der Waals surface area contributed by atoms with Crippen molar-refractivity contribution in [1.82, 2.24) is 14.8 Å². The highest BCUT2D eigenvalue weighted by Crippen LogP contribution is 2.33. The van der Waals surface area contributed by atoms with E-state index in [0.717, 1.165) is 17.0 Å². The van der Waals surface area contributed by atoms with E-state index in [1.807, 2.05) is 25.1 Å². The number of aromatic nitrogens is 3. The summed E-state index contributed by atoms with van der Waals surface area (Å²) in [5.74, 6) is -0.204. The molecule has 0 saturated heterocycles. The molecule has 2 heterocycles. The molecule has 0 N–H and O–H groups in total. The first-order chi connectivity index (χ1) is 9.48. The van der Waals surface area contributed by atoms with Gasteiger partial charge in [0.05, 0.1) is 11.7 Å². The second-order valence-electron chi connectivity index (χ2n) is 4.44. The minimum Gasteiger partial charge on any atom is -0.237 e. The molecule has 3 rings (SSSR count). The molecule has 1 aromatic carbocycles. The highest BCUT2D eigenvalue weighted by molar-refractivity contribution is 5.83. The van der Waals surface area contributed by atoms with Crippen LogP contribution in [0.4, 0.5) is 13.2 Å². The zero-order valence-corrected chi connectivity index (χ0v) is 10.5. The maximum atomic E-state index is 13.1. The molecule has 0 radical (unpaired) electrons. The number of fused-ring (bicyclic) bond motifs is 1. The number of alkyl halides is 3. The van der Waals surface area contributed by atoms with Gasteiger partial charge in [-0.2, -0.15) is 18.3 Å². The first-order valence-corrected chi connectivity index (χ1v) is 5.94. The summed E-state index contributed by atoms with van der Waals surface area (Å²) < 4.78 is 40.4. The Morgan fingerprint density at radius 3 is 2.65 bits per heavy atom. The van der Waals surface area contributed by atoms with Gasteiger partial charge in [0.2, 0.25) is 0 Å². The van der Waals surface area contributed by atoms with Gasteiger partial charge >= 0.3 is 6.18 Å². The van der Waals surface area contributed by atoms with Gasteiger partial charge in [0.15, 0.2) is 5.82 Å². The van der Waals surface area contributed by atoms with E-state index >= 15 is 0 Å². The number of pyridine rings is 1. The van der Waals surface area contributed by atoms with E-state index in [9.17, 15) is 13.2 Å². The maximum absolute atomic E-state index is 13.1. The molecule has 6 heteroatoms. The van der Waals surface area contributed by atoms with Crippen LogP contribution in [-0.2, 0) is 6.18 Å². The van der Waals surface area contributed by atoms with Crippen LogP contribution in [-0.4, -0.2) is 14.8 Å². The predicted molar refractivity (Wildman–Crippen MR) is 68.6 cm³/mol. The molecule has 0 aliphatic carbocycles. The molecule has 0 atom stereocenters. The molecule has 3 aromatic rings. The molecular weight excluding hydrogens is 267 g/mol. The fourth-order valence-electron chi connectivity index (χ4n) is 2.20. The van der Waals surface area contributed by atoms with Gasteiger partial charge in [-0.1, -0.05) is 18.2 Å².